The van der Waals surface area contributed by atoms with Gasteiger partial charge in [0, 0.05) is 12.8 Å². The van der Waals surface area contributed by atoms with Crippen LogP contribution in [0, 0.1) is 0 Å². The summed E-state index contributed by atoms with van der Waals surface area (Å²) in [4.78, 5) is 24.5. The largest absolute Gasteiger partial charge is 0.466 e. The van der Waals surface area contributed by atoms with E-state index in [0.717, 1.165) is 57.8 Å². The van der Waals surface area contributed by atoms with Crippen molar-refractivity contribution in [3.8, 4) is 0 Å². The van der Waals surface area contributed by atoms with Crippen molar-refractivity contribution >= 4 is 11.9 Å². The second-order valence-electron chi connectivity index (χ2n) is 24.9. The molecule has 6 nitrogen and oxygen atoms in total. The first kappa shape index (κ1) is 78.8. The molecule has 0 radical (unpaired) electrons. The quantitative estimate of drug-likeness (QED) is 0.0320. The summed E-state index contributed by atoms with van der Waals surface area (Å²) < 4.78 is 5.50. The smallest absolute Gasteiger partial charge is 0.305 e. The molecule has 476 valence electrons. The Bertz CT molecular complexity index is 1360. The molecular formula is C75H141NO5. The van der Waals surface area contributed by atoms with Gasteiger partial charge in [0.15, 0.2) is 0 Å². The molecule has 3 N–H and O–H groups in total. The maximum absolute atomic E-state index is 12.4. The summed E-state index contributed by atoms with van der Waals surface area (Å²) in [7, 11) is 0. The minimum absolute atomic E-state index is 0.0110. The van der Waals surface area contributed by atoms with E-state index >= 15 is 0 Å². The molecule has 0 aliphatic heterocycles. The van der Waals surface area contributed by atoms with Crippen LogP contribution in [0.4, 0.5) is 0 Å². The van der Waals surface area contributed by atoms with Gasteiger partial charge < -0.3 is 20.3 Å². The molecule has 0 aliphatic rings. The summed E-state index contributed by atoms with van der Waals surface area (Å²) in [6, 6.07) is -0.538. The van der Waals surface area contributed by atoms with Crippen LogP contribution < -0.4 is 5.32 Å². The van der Waals surface area contributed by atoms with Gasteiger partial charge in [0.1, 0.15) is 0 Å². The highest BCUT2D eigenvalue weighted by molar-refractivity contribution is 5.76. The molecule has 0 aromatic rings. The van der Waals surface area contributed by atoms with Gasteiger partial charge in [0.05, 0.1) is 25.4 Å². The van der Waals surface area contributed by atoms with Crippen molar-refractivity contribution in [2.45, 2.75) is 405 Å². The molecule has 0 bridgehead atoms. The van der Waals surface area contributed by atoms with Gasteiger partial charge in [-0.25, -0.2) is 0 Å². The molecule has 0 saturated carbocycles. The number of amides is 1. The number of hydrogen-bond acceptors (Lipinski definition) is 5. The van der Waals surface area contributed by atoms with Crippen LogP contribution in [0.5, 0.6) is 0 Å². The van der Waals surface area contributed by atoms with Crippen molar-refractivity contribution in [2.24, 2.45) is 0 Å². The van der Waals surface area contributed by atoms with Gasteiger partial charge in [-0.3, -0.25) is 9.59 Å². The summed E-state index contributed by atoms with van der Waals surface area (Å²) in [6.45, 7) is 4.93. The summed E-state index contributed by atoms with van der Waals surface area (Å²) >= 11 is 0. The first-order chi connectivity index (χ1) is 40.0. The van der Waals surface area contributed by atoms with E-state index in [4.69, 9.17) is 4.74 Å². The lowest BCUT2D eigenvalue weighted by atomic mass is 10.0. The number of carbonyl (C=O) groups excluding carboxylic acids is 2. The van der Waals surface area contributed by atoms with Crippen LogP contribution in [0.2, 0.25) is 0 Å². The van der Waals surface area contributed by atoms with Gasteiger partial charge in [-0.2, -0.15) is 0 Å². The Labute approximate surface area is 506 Å². The van der Waals surface area contributed by atoms with Crippen LogP contribution in [0.15, 0.2) is 48.6 Å². The Balaban J connectivity index is 3.34. The van der Waals surface area contributed by atoms with Gasteiger partial charge >= 0.3 is 5.97 Å². The van der Waals surface area contributed by atoms with Crippen molar-refractivity contribution in [1.29, 1.82) is 0 Å². The number of hydrogen-bond donors (Lipinski definition) is 3. The predicted molar refractivity (Wildman–Crippen MR) is 356 cm³/mol. The predicted octanol–water partition coefficient (Wildman–Crippen LogP) is 23.6. The van der Waals surface area contributed by atoms with E-state index in [9.17, 15) is 19.8 Å². The Kier molecular flexibility index (Phi) is 68.4. The molecule has 81 heavy (non-hydrogen) atoms. The van der Waals surface area contributed by atoms with E-state index in [1.807, 2.05) is 0 Å². The number of ether oxygens (including phenoxy) is 1. The Morgan fingerprint density at radius 2 is 0.617 bits per heavy atom. The van der Waals surface area contributed by atoms with Crippen LogP contribution in [0.3, 0.4) is 0 Å². The van der Waals surface area contributed by atoms with Crippen molar-refractivity contribution in [3.05, 3.63) is 48.6 Å². The van der Waals surface area contributed by atoms with E-state index in [2.05, 4.69) is 67.8 Å². The molecule has 0 heterocycles. The monoisotopic (exact) mass is 1140 g/mol. The maximum atomic E-state index is 12.4. The highest BCUT2D eigenvalue weighted by Crippen LogP contribution is 2.18. The fraction of sp³-hybridized carbons (Fsp3) is 0.867. The first-order valence-electron chi connectivity index (χ1n) is 36.4. The molecule has 0 fully saturated rings. The van der Waals surface area contributed by atoms with E-state index < -0.39 is 12.1 Å². The molecule has 6 heteroatoms. The van der Waals surface area contributed by atoms with Crippen molar-refractivity contribution < 1.29 is 24.5 Å². The maximum Gasteiger partial charge on any atom is 0.305 e. The van der Waals surface area contributed by atoms with Gasteiger partial charge in [0.2, 0.25) is 5.91 Å². The van der Waals surface area contributed by atoms with E-state index in [1.54, 1.807) is 0 Å². The van der Waals surface area contributed by atoms with Crippen molar-refractivity contribution in [3.63, 3.8) is 0 Å². The lowest BCUT2D eigenvalue weighted by Gasteiger charge is -2.22. The summed E-state index contributed by atoms with van der Waals surface area (Å²) in [5.74, 6) is -0.0215. The molecule has 0 saturated heterocycles. The molecular weight excluding hydrogens is 995 g/mol. The number of aliphatic hydroxyl groups is 2. The number of allylic oxidation sites excluding steroid dienone is 8. The summed E-state index contributed by atoms with van der Waals surface area (Å²) in [5, 5.41) is 23.2. The molecule has 0 spiro atoms. The average Bonchev–Trinajstić information content (AvgIpc) is 3.47. The van der Waals surface area contributed by atoms with Gasteiger partial charge in [-0.15, -0.1) is 0 Å². The van der Waals surface area contributed by atoms with Crippen LogP contribution in [-0.4, -0.2) is 47.4 Å². The zero-order valence-corrected chi connectivity index (χ0v) is 54.5. The highest BCUT2D eigenvalue weighted by atomic mass is 16.5. The summed E-state index contributed by atoms with van der Waals surface area (Å²) in [6.07, 6.45) is 91.9. The van der Waals surface area contributed by atoms with E-state index in [0.29, 0.717) is 25.9 Å². The third kappa shape index (κ3) is 66.8. The van der Waals surface area contributed by atoms with Gasteiger partial charge in [-0.05, 0) is 89.9 Å². The van der Waals surface area contributed by atoms with Gasteiger partial charge in [0.25, 0.3) is 0 Å². The van der Waals surface area contributed by atoms with Crippen molar-refractivity contribution in [2.75, 3.05) is 13.2 Å². The second kappa shape index (κ2) is 70.3. The Hall–Kier alpha value is -2.18. The lowest BCUT2D eigenvalue weighted by Crippen LogP contribution is -2.45. The van der Waals surface area contributed by atoms with Crippen LogP contribution in [-0.2, 0) is 14.3 Å². The molecule has 2 atom stereocenters. The average molecular weight is 1140 g/mol. The SMILES string of the molecule is CCCCC/C=C\C/C=C\CCCCCCCCCC(=O)OCCCCCCCCCCCCCCC/C=C\C/C=C\CCCCCCCCCCCCCCCCCCCC(=O)NC(CO)C(O)CCCCCCCCCCCC. The fourth-order valence-electron chi connectivity index (χ4n) is 11.3. The van der Waals surface area contributed by atoms with Crippen molar-refractivity contribution in [1.82, 2.24) is 5.32 Å². The molecule has 1 amide bonds. The first-order valence-corrected chi connectivity index (χ1v) is 36.4. The normalized spacial score (nSPS) is 12.8. The molecule has 0 rings (SSSR count). The number of esters is 1. The van der Waals surface area contributed by atoms with E-state index in [1.165, 1.54) is 302 Å². The Morgan fingerprint density at radius 3 is 0.963 bits per heavy atom. The molecule has 0 aliphatic carbocycles. The highest BCUT2D eigenvalue weighted by Gasteiger charge is 2.20. The standard InChI is InChI=1S/C75H141NO5/c1-3-5-7-9-11-13-15-16-17-39-43-46-49-53-57-61-65-69-75(80)81-70-66-62-58-54-50-47-44-41-38-36-34-32-30-28-26-24-22-20-18-19-21-23-25-27-29-31-33-35-37-40-42-45-48-52-56-60-64-68-74(79)76-72(71-77)73(78)67-63-59-55-51-14-12-10-8-6-4-2/h11,13,16-18,20,24,26,72-73,77-78H,3-10,12,14-15,19,21-23,25,27-71H2,1-2H3,(H,76,79)/b13-11-,17-16-,20-18-,26-24-. The zero-order valence-electron chi connectivity index (χ0n) is 54.5. The second-order valence-corrected chi connectivity index (χ2v) is 24.9. The summed E-state index contributed by atoms with van der Waals surface area (Å²) in [5.41, 5.74) is 0. The minimum Gasteiger partial charge on any atom is -0.466 e. The van der Waals surface area contributed by atoms with Crippen LogP contribution in [0.25, 0.3) is 0 Å². The Morgan fingerprint density at radius 1 is 0.346 bits per heavy atom. The topological polar surface area (TPSA) is 95.9 Å². The molecule has 0 aromatic carbocycles. The fourth-order valence-corrected chi connectivity index (χ4v) is 11.3. The number of unbranched alkanes of at least 4 members (excludes halogenated alkanes) is 49. The number of aliphatic hydroxyl groups excluding tert-OH is 2. The zero-order chi connectivity index (χ0) is 58.5. The molecule has 0 aromatic heterocycles. The number of rotatable bonds is 68. The number of carbonyl (C=O) groups is 2. The minimum atomic E-state index is -0.661. The third-order valence-electron chi connectivity index (χ3n) is 16.9. The van der Waals surface area contributed by atoms with Gasteiger partial charge in [-0.1, -0.05) is 339 Å². The molecule has 2 unspecified atom stereocenters. The van der Waals surface area contributed by atoms with Crippen LogP contribution >= 0.6 is 0 Å². The van der Waals surface area contributed by atoms with Crippen LogP contribution in [0.1, 0.15) is 393 Å². The lowest BCUT2D eigenvalue weighted by molar-refractivity contribution is -0.143. The number of nitrogens with one attached hydrogen (secondary N) is 1. The van der Waals surface area contributed by atoms with E-state index in [-0.39, 0.29) is 18.5 Å². The third-order valence-corrected chi connectivity index (χ3v) is 16.9.